The molecule has 0 saturated carbocycles. The van der Waals surface area contributed by atoms with Crippen molar-refractivity contribution in [3.05, 3.63) is 18.0 Å². The number of aromatic nitrogens is 1. The monoisotopic (exact) mass is 313 g/mol. The van der Waals surface area contributed by atoms with Crippen molar-refractivity contribution < 1.29 is 13.5 Å². The molecule has 0 aromatic carbocycles. The fourth-order valence-electron chi connectivity index (χ4n) is 3.45. The Morgan fingerprint density at radius 2 is 2.19 bits per heavy atom. The summed E-state index contributed by atoms with van der Waals surface area (Å²) in [4.78, 5) is 5.49. The van der Waals surface area contributed by atoms with E-state index in [0.29, 0.717) is 18.3 Å². The van der Waals surface area contributed by atoms with E-state index >= 15 is 0 Å². The number of aromatic amines is 1. The zero-order chi connectivity index (χ0) is 15.0. The lowest BCUT2D eigenvalue weighted by Gasteiger charge is -2.46. The molecule has 118 valence electrons. The first-order valence-electron chi connectivity index (χ1n) is 7.56. The minimum atomic E-state index is -3.49. The van der Waals surface area contributed by atoms with E-state index in [1.54, 1.807) is 4.31 Å². The topological polar surface area (TPSA) is 76.6 Å². The third-order valence-corrected chi connectivity index (χ3v) is 6.58. The van der Waals surface area contributed by atoms with Gasteiger partial charge in [0.15, 0.2) is 0 Å². The number of hydrogen-bond donors (Lipinski definition) is 2. The summed E-state index contributed by atoms with van der Waals surface area (Å²) in [5, 5.41) is 9.09. The number of hydrogen-bond acceptors (Lipinski definition) is 4. The molecule has 2 fully saturated rings. The predicted octanol–water partition coefficient (Wildman–Crippen LogP) is 0.754. The van der Waals surface area contributed by atoms with Gasteiger partial charge < -0.3 is 10.1 Å². The summed E-state index contributed by atoms with van der Waals surface area (Å²) >= 11 is 0. The van der Waals surface area contributed by atoms with Crippen molar-refractivity contribution in [1.82, 2.24) is 14.2 Å². The molecule has 2 aliphatic rings. The van der Waals surface area contributed by atoms with Gasteiger partial charge in [-0.2, -0.15) is 4.31 Å². The number of sulfonamides is 1. The largest absolute Gasteiger partial charge is 0.390 e. The van der Waals surface area contributed by atoms with Gasteiger partial charge in [-0.25, -0.2) is 8.42 Å². The lowest BCUT2D eigenvalue weighted by Crippen LogP contribution is -2.59. The van der Waals surface area contributed by atoms with Gasteiger partial charge in [-0.05, 0) is 32.4 Å². The average Bonchev–Trinajstić information content (AvgIpc) is 2.96. The minimum Gasteiger partial charge on any atom is -0.390 e. The average molecular weight is 313 g/mol. The molecule has 2 unspecified atom stereocenters. The Kier molecular flexibility index (Phi) is 4.09. The Bertz CT molecular complexity index is 598. The van der Waals surface area contributed by atoms with E-state index in [-0.39, 0.29) is 17.5 Å². The van der Waals surface area contributed by atoms with E-state index in [1.807, 2.05) is 6.92 Å². The molecule has 0 amide bonds. The maximum Gasteiger partial charge on any atom is 0.244 e. The Morgan fingerprint density at radius 3 is 2.90 bits per heavy atom. The molecule has 6 nitrogen and oxygen atoms in total. The number of nitrogens with zero attached hydrogens (tertiary/aromatic N) is 2. The maximum atomic E-state index is 12.8. The van der Waals surface area contributed by atoms with Crippen molar-refractivity contribution in [3.8, 4) is 0 Å². The summed E-state index contributed by atoms with van der Waals surface area (Å²) in [7, 11) is -3.49. The highest BCUT2D eigenvalue weighted by Crippen LogP contribution is 2.28. The molecule has 7 heteroatoms. The summed E-state index contributed by atoms with van der Waals surface area (Å²) in [6.45, 7) is 4.26. The molecule has 1 aromatic heterocycles. The molecule has 0 spiro atoms. The van der Waals surface area contributed by atoms with Crippen LogP contribution in [0.3, 0.4) is 0 Å². The van der Waals surface area contributed by atoms with Crippen molar-refractivity contribution in [3.63, 3.8) is 0 Å². The number of nitrogens with one attached hydrogen (secondary N) is 1. The van der Waals surface area contributed by atoms with Crippen molar-refractivity contribution in [2.75, 3.05) is 19.6 Å². The first-order chi connectivity index (χ1) is 10.0. The third kappa shape index (κ3) is 2.75. The van der Waals surface area contributed by atoms with E-state index in [2.05, 4.69) is 9.88 Å². The number of piperazine rings is 1. The Balaban J connectivity index is 1.84. The fourth-order valence-corrected chi connectivity index (χ4v) is 5.13. The van der Waals surface area contributed by atoms with Crippen LogP contribution in [0.2, 0.25) is 0 Å². The molecule has 0 bridgehead atoms. The summed E-state index contributed by atoms with van der Waals surface area (Å²) in [5.41, 5.74) is 0.525. The molecule has 1 aromatic rings. The van der Waals surface area contributed by atoms with Crippen LogP contribution in [0, 0.1) is 0 Å². The molecule has 0 radical (unpaired) electrons. The summed E-state index contributed by atoms with van der Waals surface area (Å²) in [5.74, 6) is 0. The van der Waals surface area contributed by atoms with Crippen molar-refractivity contribution >= 4 is 10.0 Å². The van der Waals surface area contributed by atoms with Crippen molar-refractivity contribution in [2.24, 2.45) is 0 Å². The number of aliphatic hydroxyl groups is 1. The number of piperidine rings is 1. The normalized spacial score (nSPS) is 28.5. The van der Waals surface area contributed by atoms with Crippen LogP contribution in [0.1, 0.15) is 31.9 Å². The highest BCUT2D eigenvalue weighted by atomic mass is 32.2. The second-order valence-corrected chi connectivity index (χ2v) is 7.98. The van der Waals surface area contributed by atoms with Crippen LogP contribution in [0.15, 0.2) is 17.2 Å². The van der Waals surface area contributed by atoms with E-state index < -0.39 is 10.0 Å². The van der Waals surface area contributed by atoms with Gasteiger partial charge in [-0.3, -0.25) is 4.90 Å². The van der Waals surface area contributed by atoms with Crippen LogP contribution in [0.25, 0.3) is 0 Å². The zero-order valence-corrected chi connectivity index (χ0v) is 13.1. The fraction of sp³-hybridized carbons (Fsp3) is 0.714. The van der Waals surface area contributed by atoms with Gasteiger partial charge in [0.25, 0.3) is 0 Å². The highest BCUT2D eigenvalue weighted by molar-refractivity contribution is 7.89. The van der Waals surface area contributed by atoms with Gasteiger partial charge in [0.05, 0.1) is 11.5 Å². The molecule has 0 aliphatic carbocycles. The highest BCUT2D eigenvalue weighted by Gasteiger charge is 2.39. The second-order valence-electron chi connectivity index (χ2n) is 6.09. The van der Waals surface area contributed by atoms with E-state index in [0.717, 1.165) is 19.5 Å². The lowest BCUT2D eigenvalue weighted by atomic mass is 9.99. The van der Waals surface area contributed by atoms with Crippen LogP contribution in [0.5, 0.6) is 0 Å². The van der Waals surface area contributed by atoms with Gasteiger partial charge in [-0.15, -0.1) is 0 Å². The lowest BCUT2D eigenvalue weighted by molar-refractivity contribution is 0.0564. The molecule has 3 heterocycles. The Labute approximate surface area is 125 Å². The Morgan fingerprint density at radius 1 is 1.38 bits per heavy atom. The quantitative estimate of drug-likeness (QED) is 0.863. The smallest absolute Gasteiger partial charge is 0.244 e. The van der Waals surface area contributed by atoms with E-state index in [9.17, 15) is 8.42 Å². The van der Waals surface area contributed by atoms with Gasteiger partial charge in [0.1, 0.15) is 0 Å². The van der Waals surface area contributed by atoms with Gasteiger partial charge in [0, 0.05) is 37.1 Å². The summed E-state index contributed by atoms with van der Waals surface area (Å²) in [6.07, 6.45) is 4.95. The number of H-pyrrole nitrogens is 1. The summed E-state index contributed by atoms with van der Waals surface area (Å²) < 4.78 is 27.2. The zero-order valence-electron chi connectivity index (χ0n) is 12.3. The minimum absolute atomic E-state index is 0.0168. The van der Waals surface area contributed by atoms with Gasteiger partial charge in [-0.1, -0.05) is 6.42 Å². The molecule has 2 N–H and O–H groups in total. The van der Waals surface area contributed by atoms with Gasteiger partial charge in [0.2, 0.25) is 10.0 Å². The molecule has 3 rings (SSSR count). The number of fused-ring (bicyclic) bond motifs is 1. The van der Waals surface area contributed by atoms with Crippen LogP contribution >= 0.6 is 0 Å². The number of rotatable bonds is 3. The van der Waals surface area contributed by atoms with E-state index in [1.165, 1.54) is 25.1 Å². The molecular formula is C14H23N3O3S. The van der Waals surface area contributed by atoms with Crippen molar-refractivity contribution in [1.29, 1.82) is 0 Å². The SMILES string of the molecule is CC1CN2CCCCC2CN1S(=O)(=O)c1c[nH]c(CO)c1. The molecule has 2 saturated heterocycles. The standard InChI is InChI=1S/C14H23N3O3S/c1-11-8-16-5-3-2-4-13(16)9-17(11)21(19,20)14-6-12(10-18)15-7-14/h6-7,11,13,15,18H,2-5,8-10H2,1H3. The molecule has 2 aliphatic heterocycles. The molecule has 21 heavy (non-hydrogen) atoms. The van der Waals surface area contributed by atoms with Gasteiger partial charge >= 0.3 is 0 Å². The first-order valence-corrected chi connectivity index (χ1v) is 9.00. The van der Waals surface area contributed by atoms with Crippen LogP contribution in [0.4, 0.5) is 0 Å². The summed E-state index contributed by atoms with van der Waals surface area (Å²) in [6, 6.07) is 1.85. The maximum absolute atomic E-state index is 12.8. The molecule has 2 atom stereocenters. The van der Waals surface area contributed by atoms with E-state index in [4.69, 9.17) is 5.11 Å². The second kappa shape index (κ2) is 5.72. The number of aliphatic hydroxyl groups excluding tert-OH is 1. The predicted molar refractivity (Wildman–Crippen MR) is 79.3 cm³/mol. The van der Waals surface area contributed by atoms with Crippen molar-refractivity contribution in [2.45, 2.75) is 49.8 Å². The first kappa shape index (κ1) is 15.0. The molecular weight excluding hydrogens is 290 g/mol. The van der Waals surface area contributed by atoms with Crippen LogP contribution < -0.4 is 0 Å². The van der Waals surface area contributed by atoms with Crippen LogP contribution in [-0.2, 0) is 16.6 Å². The van der Waals surface area contributed by atoms with Crippen LogP contribution in [-0.4, -0.2) is 59.4 Å². The Hall–Kier alpha value is -0.890. The third-order valence-electron chi connectivity index (χ3n) is 4.62.